The quantitative estimate of drug-likeness (QED) is 0.793. The lowest BCUT2D eigenvalue weighted by molar-refractivity contribution is -0.136. The second kappa shape index (κ2) is 7.02. The third kappa shape index (κ3) is 4.44. The molecule has 2 nitrogen and oxygen atoms in total. The molecule has 0 amide bonds. The minimum atomic E-state index is -0.821. The van der Waals surface area contributed by atoms with E-state index in [4.69, 9.17) is 28.3 Å². The topological polar surface area (TPSA) is 37.3 Å². The fourth-order valence-electron chi connectivity index (χ4n) is 1.68. The summed E-state index contributed by atoms with van der Waals surface area (Å²) in [6.45, 7) is 0. The molecular weight excluding hydrogens is 315 g/mol. The Labute approximate surface area is 131 Å². The predicted molar refractivity (Wildman–Crippen MR) is 83.8 cm³/mol. The summed E-state index contributed by atoms with van der Waals surface area (Å²) in [4.78, 5) is 11.5. The number of carboxylic acid groups (broad SMARTS) is 1. The number of thioether (sulfide) groups is 1. The van der Waals surface area contributed by atoms with Crippen molar-refractivity contribution in [1.29, 1.82) is 0 Å². The molecule has 20 heavy (non-hydrogen) atoms. The van der Waals surface area contributed by atoms with Crippen molar-refractivity contribution in [1.82, 2.24) is 0 Å². The number of hydrogen-bond donors (Lipinski definition) is 1. The van der Waals surface area contributed by atoms with Gasteiger partial charge in [-0.3, -0.25) is 4.79 Å². The molecule has 0 atom stereocenters. The van der Waals surface area contributed by atoms with Gasteiger partial charge in [0.05, 0.1) is 11.4 Å². The van der Waals surface area contributed by atoms with E-state index in [9.17, 15) is 4.79 Å². The fraction of sp³-hybridized carbons (Fsp3) is 0.133. The Morgan fingerprint density at radius 2 is 1.70 bits per heavy atom. The highest BCUT2D eigenvalue weighted by atomic mass is 35.5. The highest BCUT2D eigenvalue weighted by molar-refractivity contribution is 7.98. The van der Waals surface area contributed by atoms with E-state index in [0.717, 1.165) is 21.8 Å². The summed E-state index contributed by atoms with van der Waals surface area (Å²) in [5.41, 5.74) is 1.91. The zero-order valence-electron chi connectivity index (χ0n) is 10.5. The maximum atomic E-state index is 10.6. The zero-order chi connectivity index (χ0) is 14.5. The number of rotatable bonds is 5. The molecule has 0 fully saturated rings. The zero-order valence-corrected chi connectivity index (χ0v) is 12.8. The maximum Gasteiger partial charge on any atom is 0.307 e. The van der Waals surface area contributed by atoms with Crippen LogP contribution in [0.25, 0.3) is 0 Å². The van der Waals surface area contributed by atoms with Crippen LogP contribution in [-0.2, 0) is 17.0 Å². The molecule has 0 aromatic heterocycles. The summed E-state index contributed by atoms with van der Waals surface area (Å²) in [6.07, 6.45) is 0.0492. The van der Waals surface area contributed by atoms with Gasteiger partial charge in [0.25, 0.3) is 0 Å². The Hall–Kier alpha value is -1.16. The Balaban J connectivity index is 2.00. The van der Waals surface area contributed by atoms with Gasteiger partial charge < -0.3 is 5.11 Å². The van der Waals surface area contributed by atoms with Gasteiger partial charge in [-0.05, 0) is 29.3 Å². The van der Waals surface area contributed by atoms with Crippen molar-refractivity contribution >= 4 is 40.9 Å². The van der Waals surface area contributed by atoms with Crippen LogP contribution in [0.5, 0.6) is 0 Å². The van der Waals surface area contributed by atoms with E-state index in [1.54, 1.807) is 23.9 Å². The first-order valence-electron chi connectivity index (χ1n) is 5.92. The van der Waals surface area contributed by atoms with Gasteiger partial charge >= 0.3 is 5.97 Å². The molecule has 0 aliphatic rings. The van der Waals surface area contributed by atoms with Crippen molar-refractivity contribution in [2.75, 3.05) is 0 Å². The molecule has 0 saturated heterocycles. The van der Waals surface area contributed by atoms with Crippen LogP contribution in [0.4, 0.5) is 0 Å². The molecule has 2 aromatic carbocycles. The standard InChI is InChI=1S/C15H12Cl2O2S/c16-12-5-6-13(17)14(8-12)20-9-11-3-1-10(2-4-11)7-15(18)19/h1-6,8H,7,9H2,(H,18,19). The van der Waals surface area contributed by atoms with Gasteiger partial charge in [-0.15, -0.1) is 11.8 Å². The molecule has 0 aliphatic carbocycles. The van der Waals surface area contributed by atoms with Gasteiger partial charge in [-0.2, -0.15) is 0 Å². The summed E-state index contributed by atoms with van der Waals surface area (Å²) in [5.74, 6) is -0.0641. The third-order valence-corrected chi connectivity index (χ3v) is 4.47. The Kier molecular flexibility index (Phi) is 5.35. The lowest BCUT2D eigenvalue weighted by Gasteiger charge is -2.06. The summed E-state index contributed by atoms with van der Waals surface area (Å²) in [6, 6.07) is 12.9. The van der Waals surface area contributed by atoms with Crippen molar-refractivity contribution in [2.24, 2.45) is 0 Å². The van der Waals surface area contributed by atoms with E-state index in [2.05, 4.69) is 0 Å². The molecule has 1 N–H and O–H groups in total. The predicted octanol–water partition coefficient (Wildman–Crippen LogP) is 4.91. The Morgan fingerprint density at radius 3 is 2.35 bits per heavy atom. The van der Waals surface area contributed by atoms with Crippen molar-refractivity contribution < 1.29 is 9.90 Å². The van der Waals surface area contributed by atoms with E-state index in [0.29, 0.717) is 10.0 Å². The Morgan fingerprint density at radius 1 is 1.05 bits per heavy atom. The van der Waals surface area contributed by atoms with Crippen LogP contribution in [0.1, 0.15) is 11.1 Å². The molecule has 0 radical (unpaired) electrons. The molecule has 0 heterocycles. The minimum absolute atomic E-state index is 0.0492. The van der Waals surface area contributed by atoms with Crippen LogP contribution >= 0.6 is 35.0 Å². The van der Waals surface area contributed by atoms with Gasteiger partial charge in [-0.1, -0.05) is 47.5 Å². The molecule has 2 rings (SSSR count). The lowest BCUT2D eigenvalue weighted by atomic mass is 10.1. The van der Waals surface area contributed by atoms with E-state index in [1.807, 2.05) is 30.3 Å². The molecule has 0 unspecified atom stereocenters. The number of hydrogen-bond acceptors (Lipinski definition) is 2. The second-order valence-corrected chi connectivity index (χ2v) is 6.11. The average molecular weight is 327 g/mol. The van der Waals surface area contributed by atoms with Crippen LogP contribution in [0, 0.1) is 0 Å². The first-order chi connectivity index (χ1) is 9.54. The van der Waals surface area contributed by atoms with Gasteiger partial charge in [-0.25, -0.2) is 0 Å². The van der Waals surface area contributed by atoms with Gasteiger partial charge in [0.15, 0.2) is 0 Å². The monoisotopic (exact) mass is 326 g/mol. The molecule has 0 spiro atoms. The highest BCUT2D eigenvalue weighted by Gasteiger charge is 2.04. The summed E-state index contributed by atoms with van der Waals surface area (Å²) >= 11 is 13.6. The van der Waals surface area contributed by atoms with Crippen molar-refractivity contribution in [2.45, 2.75) is 17.1 Å². The summed E-state index contributed by atoms with van der Waals surface area (Å²) in [5, 5.41) is 10.1. The lowest BCUT2D eigenvalue weighted by Crippen LogP contribution is -1.99. The number of halogens is 2. The molecule has 104 valence electrons. The largest absolute Gasteiger partial charge is 0.481 e. The van der Waals surface area contributed by atoms with Crippen LogP contribution in [-0.4, -0.2) is 11.1 Å². The molecule has 0 bridgehead atoms. The normalized spacial score (nSPS) is 10.5. The molecule has 0 saturated carbocycles. The van der Waals surface area contributed by atoms with Crippen molar-refractivity contribution in [3.63, 3.8) is 0 Å². The average Bonchev–Trinajstić information content (AvgIpc) is 2.41. The number of carbonyl (C=O) groups is 1. The summed E-state index contributed by atoms with van der Waals surface area (Å²) < 4.78 is 0. The van der Waals surface area contributed by atoms with E-state index in [-0.39, 0.29) is 6.42 Å². The third-order valence-electron chi connectivity index (χ3n) is 2.67. The molecule has 0 aliphatic heterocycles. The number of benzene rings is 2. The fourth-order valence-corrected chi connectivity index (χ4v) is 3.13. The van der Waals surface area contributed by atoms with Gasteiger partial charge in [0.1, 0.15) is 0 Å². The minimum Gasteiger partial charge on any atom is -0.481 e. The smallest absolute Gasteiger partial charge is 0.307 e. The maximum absolute atomic E-state index is 10.6. The number of aliphatic carboxylic acids is 1. The number of carboxylic acids is 1. The van der Waals surface area contributed by atoms with Crippen LogP contribution < -0.4 is 0 Å². The second-order valence-electron chi connectivity index (χ2n) is 4.25. The Bertz CT molecular complexity index is 612. The van der Waals surface area contributed by atoms with Crippen LogP contribution in [0.2, 0.25) is 10.0 Å². The van der Waals surface area contributed by atoms with Gasteiger partial charge in [0, 0.05) is 15.7 Å². The van der Waals surface area contributed by atoms with E-state index < -0.39 is 5.97 Å². The summed E-state index contributed by atoms with van der Waals surface area (Å²) in [7, 11) is 0. The van der Waals surface area contributed by atoms with Gasteiger partial charge in [0.2, 0.25) is 0 Å². The van der Waals surface area contributed by atoms with Crippen LogP contribution in [0.3, 0.4) is 0 Å². The van der Waals surface area contributed by atoms with E-state index >= 15 is 0 Å². The first kappa shape index (κ1) is 15.2. The van der Waals surface area contributed by atoms with E-state index in [1.165, 1.54) is 0 Å². The highest BCUT2D eigenvalue weighted by Crippen LogP contribution is 2.32. The first-order valence-corrected chi connectivity index (χ1v) is 7.66. The molecular formula is C15H12Cl2O2S. The van der Waals surface area contributed by atoms with Crippen molar-refractivity contribution in [3.8, 4) is 0 Å². The molecule has 2 aromatic rings. The van der Waals surface area contributed by atoms with Crippen molar-refractivity contribution in [3.05, 3.63) is 63.6 Å². The van der Waals surface area contributed by atoms with Crippen LogP contribution in [0.15, 0.2) is 47.4 Å². The molecule has 5 heteroatoms. The SMILES string of the molecule is O=C(O)Cc1ccc(CSc2cc(Cl)ccc2Cl)cc1.